The monoisotopic (exact) mass is 494 g/mol. The van der Waals surface area contributed by atoms with Crippen molar-refractivity contribution in [3.05, 3.63) is 69.6 Å². The molecule has 2 aromatic heterocycles. The largest absolute Gasteiger partial charge is 0.357 e. The lowest BCUT2D eigenvalue weighted by Crippen LogP contribution is -2.18. The van der Waals surface area contributed by atoms with E-state index in [1.54, 1.807) is 56.4 Å². The molecule has 1 unspecified atom stereocenters. The van der Waals surface area contributed by atoms with E-state index in [0.717, 1.165) is 5.56 Å². The van der Waals surface area contributed by atoms with Gasteiger partial charge in [-0.2, -0.15) is 5.26 Å². The molecule has 0 aliphatic heterocycles. The van der Waals surface area contributed by atoms with E-state index in [1.807, 2.05) is 6.07 Å². The van der Waals surface area contributed by atoms with E-state index in [4.69, 9.17) is 32.2 Å². The molecule has 0 aliphatic rings. The van der Waals surface area contributed by atoms with Crippen LogP contribution in [-0.4, -0.2) is 33.2 Å². The summed E-state index contributed by atoms with van der Waals surface area (Å²) in [7, 11) is -3.71. The van der Waals surface area contributed by atoms with Crippen LogP contribution >= 0.6 is 30.8 Å². The molecule has 3 rings (SSSR count). The second-order valence-electron chi connectivity index (χ2n) is 6.52. The summed E-state index contributed by atoms with van der Waals surface area (Å²) in [5, 5.41) is 21.6. The number of pyridine rings is 1. The van der Waals surface area contributed by atoms with Crippen molar-refractivity contribution in [1.29, 1.82) is 5.26 Å². The molecule has 12 heteroatoms. The van der Waals surface area contributed by atoms with Gasteiger partial charge in [0.05, 0.1) is 19.8 Å². The van der Waals surface area contributed by atoms with Crippen molar-refractivity contribution < 1.29 is 13.6 Å². The summed E-state index contributed by atoms with van der Waals surface area (Å²) in [5.74, 6) is -0.672. The fourth-order valence-electron chi connectivity index (χ4n) is 2.98. The Morgan fingerprint density at radius 1 is 1.16 bits per heavy atom. The highest BCUT2D eigenvalue weighted by Crippen LogP contribution is 2.60. The average Bonchev–Trinajstić information content (AvgIpc) is 3.16. The SMILES string of the molecule is CCOP(=O)(OCC)C(Nc1c(C#N)nnn1Cc1ccc(Cl)nc1)c1ccc(Cl)cc1. The highest BCUT2D eigenvalue weighted by molar-refractivity contribution is 7.54. The lowest BCUT2D eigenvalue weighted by molar-refractivity contribution is 0.214. The number of nitrogens with zero attached hydrogens (tertiary/aromatic N) is 5. The Morgan fingerprint density at radius 3 is 2.41 bits per heavy atom. The van der Waals surface area contributed by atoms with Crippen molar-refractivity contribution in [2.24, 2.45) is 0 Å². The van der Waals surface area contributed by atoms with Gasteiger partial charge in [0, 0.05) is 11.2 Å². The highest BCUT2D eigenvalue weighted by atomic mass is 35.5. The molecule has 9 nitrogen and oxygen atoms in total. The minimum atomic E-state index is -3.71. The van der Waals surface area contributed by atoms with Gasteiger partial charge in [0.15, 0.2) is 11.6 Å². The summed E-state index contributed by atoms with van der Waals surface area (Å²) in [4.78, 5) is 4.06. The van der Waals surface area contributed by atoms with Crippen molar-refractivity contribution in [3.8, 4) is 6.07 Å². The molecular formula is C20H21Cl2N6O3P. The van der Waals surface area contributed by atoms with Crippen molar-refractivity contribution >= 4 is 36.6 Å². The first-order valence-electron chi connectivity index (χ1n) is 9.75. The molecule has 2 heterocycles. The first kappa shape index (κ1) is 24.2. The van der Waals surface area contributed by atoms with Crippen LogP contribution in [0.15, 0.2) is 42.6 Å². The van der Waals surface area contributed by atoms with Gasteiger partial charge in [-0.1, -0.05) is 46.6 Å². The van der Waals surface area contributed by atoms with Crippen LogP contribution in [0, 0.1) is 11.3 Å². The first-order valence-corrected chi connectivity index (χ1v) is 12.1. The van der Waals surface area contributed by atoms with E-state index in [1.165, 1.54) is 4.68 Å². The van der Waals surface area contributed by atoms with E-state index >= 15 is 0 Å². The van der Waals surface area contributed by atoms with E-state index in [0.29, 0.717) is 15.7 Å². The van der Waals surface area contributed by atoms with Crippen molar-refractivity contribution in [2.75, 3.05) is 18.5 Å². The number of aromatic nitrogens is 4. The molecule has 0 fully saturated rings. The summed E-state index contributed by atoms with van der Waals surface area (Å²) in [5.41, 5.74) is 1.42. The van der Waals surface area contributed by atoms with Gasteiger partial charge >= 0.3 is 7.60 Å². The van der Waals surface area contributed by atoms with Crippen LogP contribution in [-0.2, 0) is 20.2 Å². The van der Waals surface area contributed by atoms with Crippen LogP contribution in [0.1, 0.15) is 36.5 Å². The number of hydrogen-bond acceptors (Lipinski definition) is 8. The molecule has 1 atom stereocenters. The van der Waals surface area contributed by atoms with Crippen LogP contribution < -0.4 is 5.32 Å². The minimum absolute atomic E-state index is 0.0328. The Hall–Kier alpha value is -2.47. The second kappa shape index (κ2) is 10.9. The third-order valence-electron chi connectivity index (χ3n) is 4.36. The molecule has 1 N–H and O–H groups in total. The third-order valence-corrected chi connectivity index (χ3v) is 7.13. The zero-order chi connectivity index (χ0) is 23.1. The molecule has 32 heavy (non-hydrogen) atoms. The summed E-state index contributed by atoms with van der Waals surface area (Å²) in [6.45, 7) is 4.04. The Balaban J connectivity index is 2.04. The van der Waals surface area contributed by atoms with Crippen LogP contribution in [0.25, 0.3) is 0 Å². The predicted molar refractivity (Wildman–Crippen MR) is 122 cm³/mol. The zero-order valence-electron chi connectivity index (χ0n) is 17.4. The fraction of sp³-hybridized carbons (Fsp3) is 0.300. The first-order chi connectivity index (χ1) is 15.4. The van der Waals surface area contributed by atoms with E-state index in [2.05, 4.69) is 20.6 Å². The second-order valence-corrected chi connectivity index (χ2v) is 9.46. The van der Waals surface area contributed by atoms with Crippen LogP contribution in [0.4, 0.5) is 5.82 Å². The standard InChI is InChI=1S/C20H21Cl2N6O3P/c1-3-30-32(29,31-4-2)20(15-6-8-16(21)9-7-15)25-19-17(11-23)26-27-28(19)13-14-5-10-18(22)24-12-14/h5-10,12,20,25H,3-4,13H2,1-2H3. The number of nitriles is 1. The molecule has 0 saturated heterocycles. The lowest BCUT2D eigenvalue weighted by Gasteiger charge is -2.28. The van der Waals surface area contributed by atoms with Gasteiger partial charge < -0.3 is 14.4 Å². The molecule has 3 aromatic rings. The number of halogens is 2. The molecule has 168 valence electrons. The molecule has 0 aliphatic carbocycles. The topological polar surface area (TPSA) is 115 Å². The Labute approximate surface area is 195 Å². The highest BCUT2D eigenvalue weighted by Gasteiger charge is 2.38. The number of rotatable bonds is 10. The van der Waals surface area contributed by atoms with Gasteiger partial charge in [-0.05, 0) is 43.2 Å². The van der Waals surface area contributed by atoms with E-state index in [-0.39, 0.29) is 31.3 Å². The van der Waals surface area contributed by atoms with Crippen LogP contribution in [0.2, 0.25) is 10.2 Å². The van der Waals surface area contributed by atoms with Gasteiger partial charge in [-0.15, -0.1) is 5.10 Å². The van der Waals surface area contributed by atoms with Gasteiger partial charge in [0.25, 0.3) is 0 Å². The number of hydrogen-bond donors (Lipinski definition) is 1. The number of anilines is 1. The van der Waals surface area contributed by atoms with Crippen molar-refractivity contribution in [2.45, 2.75) is 26.2 Å². The summed E-state index contributed by atoms with van der Waals surface area (Å²) < 4.78 is 26.4. The Kier molecular flexibility index (Phi) is 8.24. The van der Waals surface area contributed by atoms with Crippen LogP contribution in [0.3, 0.4) is 0 Å². The fourth-order valence-corrected chi connectivity index (χ4v) is 5.13. The van der Waals surface area contributed by atoms with E-state index < -0.39 is 13.4 Å². The maximum absolute atomic E-state index is 13.7. The molecule has 0 spiro atoms. The quantitative estimate of drug-likeness (QED) is 0.299. The molecular weight excluding hydrogens is 474 g/mol. The Morgan fingerprint density at radius 2 is 1.84 bits per heavy atom. The number of nitrogens with one attached hydrogen (secondary N) is 1. The van der Waals surface area contributed by atoms with Crippen molar-refractivity contribution in [3.63, 3.8) is 0 Å². The van der Waals surface area contributed by atoms with Gasteiger partial charge in [-0.25, -0.2) is 9.67 Å². The van der Waals surface area contributed by atoms with Crippen LogP contribution in [0.5, 0.6) is 0 Å². The number of benzene rings is 1. The normalized spacial score (nSPS) is 12.3. The molecule has 0 saturated carbocycles. The summed E-state index contributed by atoms with van der Waals surface area (Å²) in [6, 6.07) is 12.2. The molecule has 0 bridgehead atoms. The Bertz CT molecular complexity index is 1120. The smallest absolute Gasteiger partial charge is 0.350 e. The molecule has 1 aromatic carbocycles. The van der Waals surface area contributed by atoms with Gasteiger partial charge in [-0.3, -0.25) is 4.57 Å². The molecule has 0 radical (unpaired) electrons. The average molecular weight is 495 g/mol. The summed E-state index contributed by atoms with van der Waals surface area (Å²) >= 11 is 11.9. The maximum atomic E-state index is 13.7. The van der Waals surface area contributed by atoms with Gasteiger partial charge in [0.2, 0.25) is 5.69 Å². The van der Waals surface area contributed by atoms with Gasteiger partial charge in [0.1, 0.15) is 11.2 Å². The maximum Gasteiger partial charge on any atom is 0.357 e. The zero-order valence-corrected chi connectivity index (χ0v) is 19.8. The lowest BCUT2D eigenvalue weighted by atomic mass is 10.2. The molecule has 0 amide bonds. The van der Waals surface area contributed by atoms with E-state index in [9.17, 15) is 9.83 Å². The summed E-state index contributed by atoms with van der Waals surface area (Å²) in [6.07, 6.45) is 1.60. The third kappa shape index (κ3) is 5.66. The minimum Gasteiger partial charge on any atom is -0.350 e. The van der Waals surface area contributed by atoms with Crippen molar-refractivity contribution in [1.82, 2.24) is 20.0 Å². The predicted octanol–water partition coefficient (Wildman–Crippen LogP) is 5.28.